The minimum Gasteiger partial charge on any atom is -0.495 e. The van der Waals surface area contributed by atoms with Crippen LogP contribution in [0.5, 0.6) is 5.75 Å². The molecule has 0 radical (unpaired) electrons. The summed E-state index contributed by atoms with van der Waals surface area (Å²) in [5, 5.41) is 14.3. The van der Waals surface area contributed by atoms with Gasteiger partial charge in [0.05, 0.1) is 18.3 Å². The van der Waals surface area contributed by atoms with Gasteiger partial charge in [0.25, 0.3) is 5.69 Å². The van der Waals surface area contributed by atoms with Crippen molar-refractivity contribution in [2.24, 2.45) is 0 Å². The summed E-state index contributed by atoms with van der Waals surface area (Å²) in [5.74, 6) is -1.03. The summed E-state index contributed by atoms with van der Waals surface area (Å²) in [7, 11) is -2.84. The molecule has 1 atom stereocenters. The molecular formula is C29H34N4O7S. The second-order valence-electron chi connectivity index (χ2n) is 9.49. The van der Waals surface area contributed by atoms with Crippen LogP contribution in [0.1, 0.15) is 23.6 Å². The highest BCUT2D eigenvalue weighted by Gasteiger charge is 2.34. The Bertz CT molecular complexity index is 1500. The van der Waals surface area contributed by atoms with Crippen molar-refractivity contribution >= 4 is 33.2 Å². The fraction of sp³-hybridized carbons (Fsp3) is 0.310. The third kappa shape index (κ3) is 8.27. The topological polar surface area (TPSA) is 139 Å². The first-order valence-corrected chi connectivity index (χ1v) is 14.8. The van der Waals surface area contributed by atoms with E-state index in [9.17, 15) is 28.1 Å². The van der Waals surface area contributed by atoms with Gasteiger partial charge < -0.3 is 15.0 Å². The lowest BCUT2D eigenvalue weighted by Gasteiger charge is -2.33. The molecule has 218 valence electrons. The van der Waals surface area contributed by atoms with E-state index in [1.54, 1.807) is 6.92 Å². The molecule has 0 aliphatic rings. The molecule has 0 saturated carbocycles. The number of carbonyl (C=O) groups excluding carboxylic acids is 2. The molecule has 0 bridgehead atoms. The first kappa shape index (κ1) is 31.1. The van der Waals surface area contributed by atoms with Crippen molar-refractivity contribution in [3.63, 3.8) is 0 Å². The lowest BCUT2D eigenvalue weighted by atomic mass is 10.0. The molecule has 2 amide bonds. The molecule has 3 aromatic rings. The number of nitrogens with one attached hydrogen (secondary N) is 1. The van der Waals surface area contributed by atoms with Gasteiger partial charge in [-0.2, -0.15) is 0 Å². The van der Waals surface area contributed by atoms with Crippen LogP contribution in [0.2, 0.25) is 0 Å². The quantitative estimate of drug-likeness (QED) is 0.241. The highest BCUT2D eigenvalue weighted by molar-refractivity contribution is 7.92. The second kappa shape index (κ2) is 13.8. The number of benzene rings is 3. The Kier molecular flexibility index (Phi) is 10.4. The highest BCUT2D eigenvalue weighted by Crippen LogP contribution is 2.34. The number of sulfonamides is 1. The van der Waals surface area contributed by atoms with Crippen molar-refractivity contribution in [2.75, 3.05) is 30.8 Å². The molecule has 12 heteroatoms. The van der Waals surface area contributed by atoms with Crippen molar-refractivity contribution < 1.29 is 27.7 Å². The van der Waals surface area contributed by atoms with E-state index in [4.69, 9.17) is 4.74 Å². The van der Waals surface area contributed by atoms with Crippen LogP contribution in [-0.2, 0) is 32.6 Å². The third-order valence-electron chi connectivity index (χ3n) is 6.38. The fourth-order valence-electron chi connectivity index (χ4n) is 4.43. The van der Waals surface area contributed by atoms with Crippen LogP contribution >= 0.6 is 0 Å². The number of non-ortho nitro benzene ring substituents is 1. The Labute approximate surface area is 239 Å². The lowest BCUT2D eigenvalue weighted by Crippen LogP contribution is -2.53. The van der Waals surface area contributed by atoms with E-state index in [-0.39, 0.29) is 30.1 Å². The second-order valence-corrected chi connectivity index (χ2v) is 11.4. The van der Waals surface area contributed by atoms with E-state index >= 15 is 0 Å². The van der Waals surface area contributed by atoms with Gasteiger partial charge in [-0.15, -0.1) is 0 Å². The van der Waals surface area contributed by atoms with E-state index in [0.717, 1.165) is 33.3 Å². The van der Waals surface area contributed by atoms with Crippen LogP contribution in [0, 0.1) is 17.0 Å². The summed E-state index contributed by atoms with van der Waals surface area (Å²) < 4.78 is 32.0. The first-order chi connectivity index (χ1) is 19.4. The maximum Gasteiger partial charge on any atom is 0.271 e. The molecule has 11 nitrogen and oxygen atoms in total. The van der Waals surface area contributed by atoms with Gasteiger partial charge in [0.1, 0.15) is 24.0 Å². The summed E-state index contributed by atoms with van der Waals surface area (Å²) in [6.07, 6.45) is 1.08. The average molecular weight is 583 g/mol. The number of anilines is 1. The van der Waals surface area contributed by atoms with E-state index in [2.05, 4.69) is 5.32 Å². The number of aryl methyl sites for hydroxylation is 1. The highest BCUT2D eigenvalue weighted by atomic mass is 32.2. The molecule has 3 aromatic carbocycles. The van der Waals surface area contributed by atoms with Gasteiger partial charge in [0.2, 0.25) is 21.8 Å². The number of rotatable bonds is 13. The molecule has 0 spiro atoms. The smallest absolute Gasteiger partial charge is 0.271 e. The molecule has 0 unspecified atom stereocenters. The average Bonchev–Trinajstić information content (AvgIpc) is 2.93. The Balaban J connectivity index is 2.11. The van der Waals surface area contributed by atoms with Gasteiger partial charge in [-0.1, -0.05) is 60.2 Å². The van der Waals surface area contributed by atoms with Crippen molar-refractivity contribution in [2.45, 2.75) is 32.9 Å². The summed E-state index contributed by atoms with van der Waals surface area (Å²) >= 11 is 0. The zero-order valence-electron chi connectivity index (χ0n) is 23.4. The molecule has 0 aliphatic carbocycles. The number of hydrogen-bond donors (Lipinski definition) is 1. The van der Waals surface area contributed by atoms with Crippen LogP contribution < -0.4 is 14.4 Å². The number of likely N-dealkylation sites (N-methyl/N-ethyl adjacent to an activating group) is 1. The predicted molar refractivity (Wildman–Crippen MR) is 156 cm³/mol. The van der Waals surface area contributed by atoms with Crippen LogP contribution in [0.3, 0.4) is 0 Å². The van der Waals surface area contributed by atoms with Crippen LogP contribution in [0.15, 0.2) is 72.8 Å². The summed E-state index contributed by atoms with van der Waals surface area (Å²) in [4.78, 5) is 39.6. The van der Waals surface area contributed by atoms with Gasteiger partial charge in [0, 0.05) is 31.6 Å². The van der Waals surface area contributed by atoms with E-state index in [1.807, 2.05) is 61.5 Å². The number of amides is 2. The number of carbonyl (C=O) groups is 2. The Hall–Kier alpha value is -4.45. The number of nitro benzene ring substituents is 1. The maximum atomic E-state index is 14.1. The third-order valence-corrected chi connectivity index (χ3v) is 7.51. The normalized spacial score (nSPS) is 11.8. The van der Waals surface area contributed by atoms with Gasteiger partial charge in [-0.3, -0.25) is 24.0 Å². The number of hydrogen-bond acceptors (Lipinski definition) is 7. The van der Waals surface area contributed by atoms with Gasteiger partial charge in [-0.05, 0) is 31.0 Å². The monoisotopic (exact) mass is 582 g/mol. The standard InChI is InChI=1S/C29H34N4O7S/c1-5-30-29(35)26(17-22-11-7-6-8-12-22)31(19-23-13-9-10-21(2)16-23)28(34)20-32(41(4,38)39)25-18-24(33(36)37)14-15-27(25)40-3/h6-16,18,26H,5,17,19-20H2,1-4H3,(H,30,35)/t26-/m1/s1. The molecule has 0 aromatic heterocycles. The molecular weight excluding hydrogens is 548 g/mol. The first-order valence-electron chi connectivity index (χ1n) is 12.9. The van der Waals surface area contributed by atoms with Crippen molar-refractivity contribution in [3.05, 3.63) is 99.6 Å². The maximum absolute atomic E-state index is 14.1. The summed E-state index contributed by atoms with van der Waals surface area (Å²) in [5.41, 5.74) is 1.98. The molecule has 0 saturated heterocycles. The lowest BCUT2D eigenvalue weighted by molar-refractivity contribution is -0.384. The van der Waals surface area contributed by atoms with Gasteiger partial charge in [-0.25, -0.2) is 8.42 Å². The zero-order valence-corrected chi connectivity index (χ0v) is 24.3. The SMILES string of the molecule is CCNC(=O)[C@@H](Cc1ccccc1)N(Cc1cccc(C)c1)C(=O)CN(c1cc([N+](=O)[O-])ccc1OC)S(C)(=O)=O. The minimum atomic E-state index is -4.13. The Morgan fingerprint density at radius 3 is 2.29 bits per heavy atom. The molecule has 0 aliphatic heterocycles. The van der Waals surface area contributed by atoms with E-state index in [0.29, 0.717) is 6.54 Å². The number of nitrogens with zero attached hydrogens (tertiary/aromatic N) is 3. The summed E-state index contributed by atoms with van der Waals surface area (Å²) in [6.45, 7) is 3.31. The predicted octanol–water partition coefficient (Wildman–Crippen LogP) is 3.45. The summed E-state index contributed by atoms with van der Waals surface area (Å²) in [6, 6.07) is 19.2. The van der Waals surface area contributed by atoms with Crippen LogP contribution in [0.25, 0.3) is 0 Å². The molecule has 0 fully saturated rings. The number of ether oxygens (including phenoxy) is 1. The number of nitro groups is 1. The van der Waals surface area contributed by atoms with Crippen LogP contribution in [0.4, 0.5) is 11.4 Å². The Morgan fingerprint density at radius 2 is 1.71 bits per heavy atom. The molecule has 41 heavy (non-hydrogen) atoms. The largest absolute Gasteiger partial charge is 0.495 e. The fourth-order valence-corrected chi connectivity index (χ4v) is 5.28. The van der Waals surface area contributed by atoms with Crippen molar-refractivity contribution in [1.29, 1.82) is 0 Å². The Morgan fingerprint density at radius 1 is 1.02 bits per heavy atom. The molecule has 0 heterocycles. The molecule has 3 rings (SSSR count). The minimum absolute atomic E-state index is 0.0266. The van der Waals surface area contributed by atoms with E-state index in [1.165, 1.54) is 24.1 Å². The van der Waals surface area contributed by atoms with Gasteiger partial charge >= 0.3 is 0 Å². The van der Waals surface area contributed by atoms with Crippen LogP contribution in [-0.4, -0.2) is 62.6 Å². The number of methoxy groups -OCH3 is 1. The van der Waals surface area contributed by atoms with Crippen molar-refractivity contribution in [1.82, 2.24) is 10.2 Å². The van der Waals surface area contributed by atoms with Gasteiger partial charge in [0.15, 0.2) is 0 Å². The molecule has 1 N–H and O–H groups in total. The zero-order chi connectivity index (χ0) is 30.2. The van der Waals surface area contributed by atoms with Crippen molar-refractivity contribution in [3.8, 4) is 5.75 Å². The van der Waals surface area contributed by atoms with E-state index < -0.39 is 39.3 Å².